The van der Waals surface area contributed by atoms with Crippen LogP contribution >= 0.6 is 0 Å². The van der Waals surface area contributed by atoms with Crippen LogP contribution in [0.15, 0.2) is 54.6 Å². The van der Waals surface area contributed by atoms with Crippen molar-refractivity contribution >= 4 is 22.6 Å². The molecule has 118 valence electrons. The molecule has 4 heteroatoms. The third-order valence-electron chi connectivity index (χ3n) is 4.33. The molecule has 0 fully saturated rings. The van der Waals surface area contributed by atoms with Crippen molar-refractivity contribution in [1.29, 1.82) is 0 Å². The summed E-state index contributed by atoms with van der Waals surface area (Å²) in [5.74, 6) is 0.787. The Morgan fingerprint density at radius 2 is 1.88 bits per heavy atom. The molecule has 0 aliphatic carbocycles. The predicted octanol–water partition coefficient (Wildman–Crippen LogP) is 4.28. The largest absolute Gasteiger partial charge is 0.497 e. The molecule has 2 aromatic carbocycles. The zero-order valence-electron chi connectivity index (χ0n) is 13.5. The number of aldehydes is 1. The lowest BCUT2D eigenvalue weighted by Gasteiger charge is -2.10. The second-order valence-electron chi connectivity index (χ2n) is 5.73. The van der Waals surface area contributed by atoms with Crippen LogP contribution in [0.1, 0.15) is 16.1 Å². The summed E-state index contributed by atoms with van der Waals surface area (Å²) in [5, 5.41) is 6.61. The van der Waals surface area contributed by atoms with Crippen LogP contribution in [0.3, 0.4) is 0 Å². The van der Waals surface area contributed by atoms with E-state index in [1.54, 1.807) is 7.11 Å². The number of aryl methyl sites for hydroxylation is 1. The van der Waals surface area contributed by atoms with Crippen molar-refractivity contribution in [1.82, 2.24) is 9.61 Å². The van der Waals surface area contributed by atoms with Crippen molar-refractivity contribution in [3.63, 3.8) is 0 Å². The number of carbonyl (C=O) groups is 1. The molecule has 0 saturated carbocycles. The average Bonchev–Trinajstić information content (AvgIpc) is 2.97. The molecule has 0 bridgehead atoms. The van der Waals surface area contributed by atoms with Gasteiger partial charge >= 0.3 is 0 Å². The summed E-state index contributed by atoms with van der Waals surface area (Å²) in [6.07, 6.45) is 0.885. The highest BCUT2D eigenvalue weighted by atomic mass is 16.5. The first-order chi connectivity index (χ1) is 11.7. The number of methoxy groups -OCH3 is 1. The van der Waals surface area contributed by atoms with Gasteiger partial charge in [0.15, 0.2) is 6.29 Å². The summed E-state index contributed by atoms with van der Waals surface area (Å²) < 4.78 is 7.21. The smallest absolute Gasteiger partial charge is 0.154 e. The summed E-state index contributed by atoms with van der Waals surface area (Å²) in [6.45, 7) is 1.86. The van der Waals surface area contributed by atoms with Gasteiger partial charge in [-0.15, -0.1) is 0 Å². The van der Waals surface area contributed by atoms with E-state index in [4.69, 9.17) is 4.74 Å². The maximum absolute atomic E-state index is 11.6. The molecule has 4 nitrogen and oxygen atoms in total. The van der Waals surface area contributed by atoms with Gasteiger partial charge in [-0.3, -0.25) is 4.79 Å². The number of fused-ring (bicyclic) bond motifs is 3. The van der Waals surface area contributed by atoms with Crippen molar-refractivity contribution in [2.45, 2.75) is 6.92 Å². The Hall–Kier alpha value is -3.14. The van der Waals surface area contributed by atoms with E-state index in [0.717, 1.165) is 45.3 Å². The maximum Gasteiger partial charge on any atom is 0.154 e. The van der Waals surface area contributed by atoms with Gasteiger partial charge in [-0.25, -0.2) is 4.52 Å². The zero-order valence-corrected chi connectivity index (χ0v) is 13.5. The lowest BCUT2D eigenvalue weighted by atomic mass is 10.0. The second kappa shape index (κ2) is 5.49. The minimum absolute atomic E-state index is 0.628. The zero-order chi connectivity index (χ0) is 16.7. The number of carbonyl (C=O) groups excluding carboxylic acids is 1. The van der Waals surface area contributed by atoms with E-state index in [1.165, 1.54) is 0 Å². The summed E-state index contributed by atoms with van der Waals surface area (Å²) in [5.41, 5.74) is 4.18. The molecule has 0 unspecified atom stereocenters. The third kappa shape index (κ3) is 2.07. The number of hydrogen-bond acceptors (Lipinski definition) is 3. The summed E-state index contributed by atoms with van der Waals surface area (Å²) in [4.78, 5) is 11.6. The van der Waals surface area contributed by atoms with Crippen molar-refractivity contribution in [3.8, 4) is 17.0 Å². The molecular weight excluding hydrogens is 300 g/mol. The van der Waals surface area contributed by atoms with E-state index in [9.17, 15) is 4.79 Å². The van der Waals surface area contributed by atoms with Gasteiger partial charge < -0.3 is 4.74 Å². The van der Waals surface area contributed by atoms with Crippen LogP contribution in [-0.2, 0) is 0 Å². The van der Waals surface area contributed by atoms with Crippen molar-refractivity contribution in [2.24, 2.45) is 0 Å². The van der Waals surface area contributed by atoms with Gasteiger partial charge in [-0.2, -0.15) is 5.10 Å². The summed E-state index contributed by atoms with van der Waals surface area (Å²) in [7, 11) is 1.65. The van der Waals surface area contributed by atoms with E-state index in [2.05, 4.69) is 11.2 Å². The highest BCUT2D eigenvalue weighted by Gasteiger charge is 2.16. The fourth-order valence-electron chi connectivity index (χ4n) is 3.14. The van der Waals surface area contributed by atoms with Gasteiger partial charge in [0.2, 0.25) is 0 Å². The highest BCUT2D eigenvalue weighted by Crippen LogP contribution is 2.32. The van der Waals surface area contributed by atoms with E-state index < -0.39 is 0 Å². The van der Waals surface area contributed by atoms with Gasteiger partial charge in [0.25, 0.3) is 0 Å². The number of nitrogens with zero attached hydrogens (tertiary/aromatic N) is 2. The van der Waals surface area contributed by atoms with Crippen LogP contribution in [0, 0.1) is 6.92 Å². The Balaban J connectivity index is 2.20. The predicted molar refractivity (Wildman–Crippen MR) is 94.8 cm³/mol. The minimum Gasteiger partial charge on any atom is -0.497 e. The number of hydrogen-bond donors (Lipinski definition) is 0. The monoisotopic (exact) mass is 316 g/mol. The molecule has 0 radical (unpaired) electrons. The number of pyridine rings is 1. The van der Waals surface area contributed by atoms with Crippen LogP contribution in [0.4, 0.5) is 0 Å². The molecule has 0 atom stereocenters. The van der Waals surface area contributed by atoms with Crippen LogP contribution < -0.4 is 4.74 Å². The first kappa shape index (κ1) is 14.5. The van der Waals surface area contributed by atoms with Crippen LogP contribution in [0.5, 0.6) is 5.75 Å². The molecule has 0 aliphatic heterocycles. The molecule has 0 saturated heterocycles. The van der Waals surface area contributed by atoms with Crippen molar-refractivity contribution in [2.75, 3.05) is 7.11 Å². The first-order valence-corrected chi connectivity index (χ1v) is 7.73. The van der Waals surface area contributed by atoms with Gasteiger partial charge in [0, 0.05) is 10.9 Å². The molecule has 0 spiro atoms. The van der Waals surface area contributed by atoms with Crippen molar-refractivity contribution < 1.29 is 9.53 Å². The van der Waals surface area contributed by atoms with Gasteiger partial charge in [-0.1, -0.05) is 30.3 Å². The van der Waals surface area contributed by atoms with Gasteiger partial charge in [0.05, 0.1) is 29.6 Å². The lowest BCUT2D eigenvalue weighted by molar-refractivity contribution is 0.112. The number of aromatic nitrogens is 2. The second-order valence-corrected chi connectivity index (χ2v) is 5.73. The molecule has 0 N–H and O–H groups in total. The Bertz CT molecular complexity index is 1070. The highest BCUT2D eigenvalue weighted by molar-refractivity contribution is 6.06. The Morgan fingerprint density at radius 3 is 2.58 bits per heavy atom. The lowest BCUT2D eigenvalue weighted by Crippen LogP contribution is -1.96. The van der Waals surface area contributed by atoms with Crippen molar-refractivity contribution in [3.05, 3.63) is 65.9 Å². The van der Waals surface area contributed by atoms with E-state index in [-0.39, 0.29) is 0 Å². The number of benzene rings is 2. The van der Waals surface area contributed by atoms with Gasteiger partial charge in [-0.05, 0) is 36.6 Å². The molecule has 4 rings (SSSR count). The van der Waals surface area contributed by atoms with Crippen LogP contribution in [-0.4, -0.2) is 23.0 Å². The Labute approximate surface area is 139 Å². The number of rotatable bonds is 3. The Kier molecular flexibility index (Phi) is 3.31. The molecule has 0 amide bonds. The molecule has 24 heavy (non-hydrogen) atoms. The van der Waals surface area contributed by atoms with Crippen LogP contribution in [0.2, 0.25) is 0 Å². The Morgan fingerprint density at radius 1 is 1.08 bits per heavy atom. The number of ether oxygens (including phenoxy) is 1. The fourth-order valence-corrected chi connectivity index (χ4v) is 3.14. The van der Waals surface area contributed by atoms with E-state index in [1.807, 2.05) is 60.0 Å². The standard InChI is InChI=1S/C20H16N2O2/c1-13-18(12-23)20-17-9-8-16(24-2)10-15(17)11-19(22(20)21-13)14-6-4-3-5-7-14/h3-12H,1-2H3. The normalized spacial score (nSPS) is 11.1. The SMILES string of the molecule is COc1ccc2c(c1)cc(-c1ccccc1)n1nc(C)c(C=O)c21. The minimum atomic E-state index is 0.628. The molecular formula is C20H16N2O2. The van der Waals surface area contributed by atoms with E-state index >= 15 is 0 Å². The fraction of sp³-hybridized carbons (Fsp3) is 0.100. The van der Waals surface area contributed by atoms with Crippen LogP contribution in [0.25, 0.3) is 27.5 Å². The maximum atomic E-state index is 11.6. The average molecular weight is 316 g/mol. The third-order valence-corrected chi connectivity index (χ3v) is 4.33. The van der Waals surface area contributed by atoms with Gasteiger partial charge in [0.1, 0.15) is 5.75 Å². The molecule has 2 heterocycles. The first-order valence-electron chi connectivity index (χ1n) is 7.73. The summed E-state index contributed by atoms with van der Waals surface area (Å²) in [6, 6.07) is 18.0. The molecule has 4 aromatic rings. The molecule has 0 aliphatic rings. The quantitative estimate of drug-likeness (QED) is 0.530. The summed E-state index contributed by atoms with van der Waals surface area (Å²) >= 11 is 0. The van der Waals surface area contributed by atoms with E-state index in [0.29, 0.717) is 5.56 Å². The topological polar surface area (TPSA) is 43.6 Å². The molecule has 2 aromatic heterocycles.